The predicted octanol–water partition coefficient (Wildman–Crippen LogP) is -8.54. The minimum Gasteiger partial charge on any atom is -0.481 e. The number of hydrogen-bond donors (Lipinski definition) is 32. The van der Waals surface area contributed by atoms with E-state index >= 15 is 52.7 Å². The van der Waals surface area contributed by atoms with Crippen LogP contribution in [-0.2, 0) is 97.5 Å². The summed E-state index contributed by atoms with van der Waals surface area (Å²) >= 11 is 0. The molecule has 0 spiro atoms. The van der Waals surface area contributed by atoms with Crippen LogP contribution in [0.2, 0.25) is 0 Å². The highest BCUT2D eigenvalue weighted by atomic mass is 33.1. The molecule has 4 fully saturated rings. The van der Waals surface area contributed by atoms with Crippen molar-refractivity contribution in [3.8, 4) is 0 Å². The molecule has 18 atom stereocenters. The van der Waals surface area contributed by atoms with Crippen molar-refractivity contribution in [2.75, 3.05) is 73.8 Å². The Morgan fingerprint density at radius 3 is 1.00 bits per heavy atom. The molecular weight excluding hydrogens is 1920 g/mol. The summed E-state index contributed by atoms with van der Waals surface area (Å²) in [5.74, 6) is -28.3. The lowest BCUT2D eigenvalue weighted by molar-refractivity contribution is -0.138. The third-order valence-electron chi connectivity index (χ3n) is 21.5. The van der Waals surface area contributed by atoms with Crippen molar-refractivity contribution in [2.45, 2.75) is 235 Å². The molecule has 0 aliphatic carbocycles. The topological polar surface area (TPSA) is 829 Å². The van der Waals surface area contributed by atoms with Crippen molar-refractivity contribution in [2.24, 2.45) is 40.7 Å². The largest absolute Gasteiger partial charge is 0.481 e. The Labute approximate surface area is 821 Å². The van der Waals surface area contributed by atoms with Crippen LogP contribution in [0.5, 0.6) is 0 Å². The van der Waals surface area contributed by atoms with Crippen molar-refractivity contribution >= 4 is 201 Å². The number of fused-ring (bicyclic) bond motifs is 15. The second kappa shape index (κ2) is 60.9. The molecule has 0 aromatic heterocycles. The molecule has 0 unspecified atom stereocenters. The molecule has 51 nitrogen and oxygen atoms in total. The van der Waals surface area contributed by atoms with E-state index in [0.29, 0.717) is 5.56 Å². The number of carbonyl (C=O) groups excluding carboxylic acids is 18. The lowest BCUT2D eigenvalue weighted by Gasteiger charge is -2.30. The monoisotopic (exact) mass is 2050 g/mol. The maximum absolute atomic E-state index is 15.6. The van der Waals surface area contributed by atoms with Gasteiger partial charge in [-0.1, -0.05) is 143 Å². The van der Waals surface area contributed by atoms with Crippen molar-refractivity contribution in [3.63, 3.8) is 0 Å². The summed E-state index contributed by atoms with van der Waals surface area (Å²) < 4.78 is 0. The summed E-state index contributed by atoms with van der Waals surface area (Å²) in [6.45, 7) is 8.67. The molecule has 57 heteroatoms. The van der Waals surface area contributed by atoms with Crippen LogP contribution in [0.1, 0.15) is 131 Å². The molecule has 138 heavy (non-hydrogen) atoms. The molecule has 1 aromatic rings. The average molecular weight is 2050 g/mol. The first-order valence-electron chi connectivity index (χ1n) is 44.7. The van der Waals surface area contributed by atoms with Gasteiger partial charge in [0.05, 0.1) is 19.2 Å². The molecule has 4 aliphatic heterocycles. The summed E-state index contributed by atoms with van der Waals surface area (Å²) in [4.78, 5) is 282. The summed E-state index contributed by atoms with van der Waals surface area (Å²) in [5, 5.41) is 109. The van der Waals surface area contributed by atoms with Gasteiger partial charge in [0.15, 0.2) is 23.8 Å². The van der Waals surface area contributed by atoms with Crippen LogP contribution in [-0.4, -0.2) is 323 Å². The van der Waals surface area contributed by atoms with Gasteiger partial charge >= 0.3 is 5.97 Å². The summed E-state index contributed by atoms with van der Waals surface area (Å²) in [5.41, 5.74) is 22.8. The van der Waals surface area contributed by atoms with Gasteiger partial charge in [0, 0.05) is 73.5 Å². The van der Waals surface area contributed by atoms with Crippen LogP contribution in [0.4, 0.5) is 0 Å². The molecule has 4 aliphatic rings. The number of carboxylic acids is 1. The normalized spacial score (nSPS) is 26.3. The molecule has 0 saturated carbocycles. The molecule has 1 aromatic carbocycles. The Hall–Kier alpha value is -11.7. The number of aliphatic hydroxyl groups is 1. The van der Waals surface area contributed by atoms with Gasteiger partial charge in [0.2, 0.25) is 106 Å². The smallest absolute Gasteiger partial charge is 0.303 e. The van der Waals surface area contributed by atoms with Gasteiger partial charge in [-0.15, -0.1) is 0 Å². The zero-order valence-electron chi connectivity index (χ0n) is 77.5. The van der Waals surface area contributed by atoms with Crippen LogP contribution in [0.15, 0.2) is 30.3 Å². The van der Waals surface area contributed by atoms with Crippen LogP contribution >= 0.6 is 64.8 Å². The number of carboxylic acid groups (broad SMARTS) is 1. The second-order valence-electron chi connectivity index (χ2n) is 33.6. The van der Waals surface area contributed by atoms with Gasteiger partial charge in [-0.2, -0.15) is 0 Å². The number of rotatable bonds is 27. The van der Waals surface area contributed by atoms with E-state index in [1.807, 2.05) is 0 Å². The number of hydrogen-bond acceptors (Lipinski definition) is 30. The van der Waals surface area contributed by atoms with E-state index in [9.17, 15) is 48.6 Å². The molecule has 36 N–H and O–H groups in total. The highest BCUT2D eigenvalue weighted by molar-refractivity contribution is 8.77. The third-order valence-corrected chi connectivity index (χ3v) is 28.7. The summed E-state index contributed by atoms with van der Waals surface area (Å²) in [7, 11) is 4.69. The number of amides is 18. The van der Waals surface area contributed by atoms with E-state index in [-0.39, 0.29) is 96.8 Å². The van der Waals surface area contributed by atoms with E-state index in [1.54, 1.807) is 58.0 Å². The van der Waals surface area contributed by atoms with Gasteiger partial charge in [-0.05, 0) is 94.4 Å². The lowest BCUT2D eigenvalue weighted by Crippen LogP contribution is -2.63. The van der Waals surface area contributed by atoms with Crippen LogP contribution in [0.25, 0.3) is 0 Å². The number of guanidine groups is 4. The highest BCUT2D eigenvalue weighted by Gasteiger charge is 2.42. The minimum atomic E-state index is -1.94. The number of nitrogens with one attached hydrogen (secondary N) is 26. The van der Waals surface area contributed by atoms with E-state index in [4.69, 9.17) is 44.6 Å². The number of carbonyl (C=O) groups is 19. The third kappa shape index (κ3) is 42.7. The summed E-state index contributed by atoms with van der Waals surface area (Å²) in [6.07, 6.45) is -4.98. The molecule has 0 radical (unpaired) electrons. The quantitative estimate of drug-likeness (QED) is 0.0168. The van der Waals surface area contributed by atoms with E-state index < -0.39 is 317 Å². The van der Waals surface area contributed by atoms with Crippen molar-refractivity contribution in [3.05, 3.63) is 35.9 Å². The molecule has 4 saturated heterocycles. The van der Waals surface area contributed by atoms with Crippen LogP contribution < -0.4 is 140 Å². The standard InChI is InChI=1S/C81H132N30O21S6/c1-8-40(6)60-76(131)108-55-37-138-134-32-50(106-68(123)49(29-42-16-10-9-11-17-42)96-56(113)30-94-63(118)44(19-13-25-91-79(84)85)101-77(132)61(41(7)112)111-74(55)129)69(124)98-45(20-14-26-92-80(86)87)64(119)103-52-34-135-137-36-54(73(128)110-60)104-65(120)46(21-15-27-93-81(88)89)99-71(126)53-35-136-133-33-51(105-67(122)48(28-38(2)3)102-72(52)127)70(125)100-47(22-23-58(115)116)66(121)97-43(18-12-24-90-78(82)83)62(117)95-31-57(114)109-59(39(4)5)75(130)107-53/h9-11,16-17,38-41,43-55,59-61,112H,8,12-15,18-37H2,1-7H3,(H,94,118)(H,95,117)(H,96,113)(H,97,121)(H,98,124)(H,99,126)(H,100,125)(H,101,132)(H,102,127)(H,103,119)(H,104,120)(H,105,122)(H,106,123)(H,107,130)(H,108,131)(H,109,114)(H,110,128)(H,111,129)(H,115,116)(H4,82,83,90)(H4,84,85,91)(H4,86,87,92)(H4,88,89,93)/t40-,41+,43-,44-,45-,46-,47-,48-,49-,50-,51-,52-,53-,54-,55-,59-,60-,61-/m0/s1. The SMILES string of the molecule is CC[C@H](C)[C@@H]1NC(=O)[C@@H]2CSSC[C@H](NC(=O)[C@H](CCCNC(=N)N)NC(=O)[C@@H]3CSSC[C@H](NC1=O)C(=O)N[C@@H]([C@@H](C)O)C(=O)N[C@@H](CCCNC(=N)N)C(=O)NCC(=O)N[C@@H](Cc1ccccc1)C(=O)N3)C(=O)N[C@@H](CC(C)C)C(=O)N[C@H]1CSSC[C@H](NC(=O)[C@H](C(C)C)NC(=O)CNC(=O)[C@H](CCCNC(=N)N)NC(=O)[C@H](CCC(=O)O)NC1=O)C(=O)N[C@@H](CCCNC(=N)N)C(=O)N2. The average Bonchev–Trinajstić information content (AvgIpc) is 0.840. The second-order valence-corrected chi connectivity index (χ2v) is 41.2. The first-order valence-corrected chi connectivity index (χ1v) is 52.2. The Morgan fingerprint density at radius 1 is 0.362 bits per heavy atom. The van der Waals surface area contributed by atoms with Gasteiger partial charge in [0.25, 0.3) is 0 Å². The van der Waals surface area contributed by atoms with Gasteiger partial charge in [0.1, 0.15) is 96.7 Å². The Kier molecular flexibility index (Phi) is 51.5. The number of aliphatic carboxylic acids is 1. The predicted molar refractivity (Wildman–Crippen MR) is 521 cm³/mol. The van der Waals surface area contributed by atoms with Gasteiger partial charge in [-0.3, -0.25) is 113 Å². The number of nitrogens with two attached hydrogens (primary N) is 4. The zero-order valence-corrected chi connectivity index (χ0v) is 82.4. The van der Waals surface area contributed by atoms with E-state index in [1.165, 1.54) is 13.8 Å². The molecule has 5 rings (SSSR count). The fraction of sp³-hybridized carbons (Fsp3) is 0.642. The Morgan fingerprint density at radius 2 is 0.652 bits per heavy atom. The maximum atomic E-state index is 15.6. The lowest BCUT2D eigenvalue weighted by atomic mass is 9.97. The van der Waals surface area contributed by atoms with Crippen LogP contribution in [0, 0.1) is 39.4 Å². The van der Waals surface area contributed by atoms with E-state index in [2.05, 4.69) is 117 Å². The fourth-order valence-corrected chi connectivity index (χ4v) is 20.7. The molecule has 4 heterocycles. The van der Waals surface area contributed by atoms with Gasteiger partial charge in [-0.25, -0.2) is 0 Å². The highest BCUT2D eigenvalue weighted by Crippen LogP contribution is 2.28. The number of benzene rings is 1. The Bertz CT molecular complexity index is 4440. The first-order chi connectivity index (χ1) is 65.3. The van der Waals surface area contributed by atoms with Gasteiger partial charge < -0.3 is 150 Å². The zero-order chi connectivity index (χ0) is 102. The first kappa shape index (κ1) is 117. The minimum absolute atomic E-state index is 0.0108. The Balaban J connectivity index is 1.86. The molecule has 768 valence electrons. The summed E-state index contributed by atoms with van der Waals surface area (Å²) in [6, 6.07) is -19.5. The van der Waals surface area contributed by atoms with Crippen molar-refractivity contribution < 1.29 is 101 Å². The van der Waals surface area contributed by atoms with Crippen molar-refractivity contribution in [1.82, 2.24) is 117 Å². The molecule has 18 amide bonds. The van der Waals surface area contributed by atoms with E-state index in [0.717, 1.165) is 71.7 Å². The molecule has 6 bridgehead atoms. The fourth-order valence-electron chi connectivity index (χ4n) is 13.7. The maximum Gasteiger partial charge on any atom is 0.303 e. The molecular formula is C81H132N30O21S6. The van der Waals surface area contributed by atoms with Crippen molar-refractivity contribution in [1.29, 1.82) is 21.6 Å². The number of aliphatic hydroxyl groups excluding tert-OH is 1. The van der Waals surface area contributed by atoms with Crippen LogP contribution in [0.3, 0.4) is 0 Å².